The first-order valence-corrected chi connectivity index (χ1v) is 21.9. The molecule has 0 atom stereocenters. The second-order valence-electron chi connectivity index (χ2n) is 15.3. The zero-order valence-corrected chi connectivity index (χ0v) is 32.6. The van der Waals surface area contributed by atoms with Crippen molar-refractivity contribution in [3.8, 4) is 11.4 Å². The van der Waals surface area contributed by atoms with Crippen LogP contribution in [-0.2, 0) is 0 Å². The molecule has 0 amide bonds. The summed E-state index contributed by atoms with van der Waals surface area (Å²) in [7, 11) is -2.90. The van der Waals surface area contributed by atoms with Crippen LogP contribution < -0.4 is 20.7 Å². The molecule has 3 aromatic heterocycles. The molecule has 0 saturated heterocycles. The molecule has 12 rings (SSSR count). The van der Waals surface area contributed by atoms with E-state index in [2.05, 4.69) is 221 Å². The summed E-state index contributed by atoms with van der Waals surface area (Å²) in [5, 5.41) is 12.6. The van der Waals surface area contributed by atoms with E-state index in [-0.39, 0.29) is 0 Å². The van der Waals surface area contributed by atoms with Crippen LogP contribution in [0.25, 0.3) is 76.9 Å². The van der Waals surface area contributed by atoms with Gasteiger partial charge in [-0.1, -0.05) is 158 Å². The second kappa shape index (κ2) is 12.8. The standard InChI is InChI=1S/C54H36N2OSi/c1-4-16-37(17-5-1)55-49-25-13-10-22-43(49)45-33-32-42(34-51(45)55)58(39-18-6-2-7-19-39,40-20-8-3-9-21-40)41-30-28-38(29-31-41)56-50-26-14-11-23-44(50)47-36-54-48(35-52(47)56)46-24-12-15-27-53(46)57-54/h1-36H. The Hall–Kier alpha value is -7.40. The van der Waals surface area contributed by atoms with E-state index in [1.165, 1.54) is 64.4 Å². The maximum absolute atomic E-state index is 6.37. The summed E-state index contributed by atoms with van der Waals surface area (Å²) in [6.07, 6.45) is 0. The van der Waals surface area contributed by atoms with Crippen molar-refractivity contribution in [2.75, 3.05) is 0 Å². The van der Waals surface area contributed by atoms with Crippen molar-refractivity contribution in [3.05, 3.63) is 218 Å². The van der Waals surface area contributed by atoms with E-state index in [9.17, 15) is 0 Å². The lowest BCUT2D eigenvalue weighted by molar-refractivity contribution is 0.669. The van der Waals surface area contributed by atoms with Crippen molar-refractivity contribution >= 4 is 94.4 Å². The van der Waals surface area contributed by atoms with Gasteiger partial charge in [-0.15, -0.1) is 0 Å². The van der Waals surface area contributed by atoms with Crippen molar-refractivity contribution in [1.82, 2.24) is 9.13 Å². The third-order valence-corrected chi connectivity index (χ3v) is 17.0. The highest BCUT2D eigenvalue weighted by Crippen LogP contribution is 2.38. The molecular formula is C54H36N2OSi. The van der Waals surface area contributed by atoms with Crippen LogP contribution in [0.3, 0.4) is 0 Å². The first kappa shape index (κ1) is 32.8. The lowest BCUT2D eigenvalue weighted by Gasteiger charge is -2.34. The first-order valence-electron chi connectivity index (χ1n) is 19.9. The van der Waals surface area contributed by atoms with Crippen LogP contribution in [0.5, 0.6) is 0 Å². The summed E-state index contributed by atoms with van der Waals surface area (Å²) in [6, 6.07) is 80.4. The Bertz CT molecular complexity index is 3450. The molecule has 0 unspecified atom stereocenters. The number of aromatic nitrogens is 2. The normalized spacial score (nSPS) is 12.1. The van der Waals surface area contributed by atoms with Gasteiger partial charge in [-0.3, -0.25) is 0 Å². The SMILES string of the molecule is c1ccc(-n2c3ccccc3c3ccc([Si](c4ccccc4)(c4ccccc4)c4ccc(-n5c6ccccc6c6cc7oc8ccccc8c7cc65)cc4)cc32)cc1. The summed E-state index contributed by atoms with van der Waals surface area (Å²) >= 11 is 0. The Morgan fingerprint density at radius 2 is 0.741 bits per heavy atom. The molecule has 0 aliphatic rings. The fourth-order valence-corrected chi connectivity index (χ4v) is 14.5. The minimum atomic E-state index is -2.90. The second-order valence-corrected chi connectivity index (χ2v) is 19.1. The molecule has 12 aromatic rings. The molecule has 0 radical (unpaired) electrons. The molecule has 58 heavy (non-hydrogen) atoms. The van der Waals surface area contributed by atoms with E-state index in [0.29, 0.717) is 0 Å². The topological polar surface area (TPSA) is 23.0 Å². The molecule has 0 aliphatic carbocycles. The molecule has 0 fully saturated rings. The van der Waals surface area contributed by atoms with Gasteiger partial charge in [0.2, 0.25) is 0 Å². The van der Waals surface area contributed by atoms with Crippen molar-refractivity contribution in [2.24, 2.45) is 0 Å². The van der Waals surface area contributed by atoms with Gasteiger partial charge in [-0.25, -0.2) is 0 Å². The van der Waals surface area contributed by atoms with Gasteiger partial charge in [0.25, 0.3) is 0 Å². The molecule has 0 saturated carbocycles. The highest BCUT2D eigenvalue weighted by atomic mass is 28.3. The van der Waals surface area contributed by atoms with Gasteiger partial charge in [0.05, 0.1) is 22.1 Å². The Morgan fingerprint density at radius 3 is 1.40 bits per heavy atom. The van der Waals surface area contributed by atoms with Crippen LogP contribution in [0.2, 0.25) is 0 Å². The van der Waals surface area contributed by atoms with E-state index in [1.807, 2.05) is 6.07 Å². The van der Waals surface area contributed by atoms with Gasteiger partial charge >= 0.3 is 0 Å². The molecular weight excluding hydrogens is 721 g/mol. The van der Waals surface area contributed by atoms with E-state index in [1.54, 1.807) is 0 Å². The van der Waals surface area contributed by atoms with Crippen LogP contribution in [0.15, 0.2) is 223 Å². The molecule has 9 aromatic carbocycles. The number of para-hydroxylation sites is 4. The molecule has 0 aliphatic heterocycles. The molecule has 272 valence electrons. The fraction of sp³-hybridized carbons (Fsp3) is 0. The van der Waals surface area contributed by atoms with E-state index < -0.39 is 8.07 Å². The van der Waals surface area contributed by atoms with E-state index in [0.717, 1.165) is 33.3 Å². The Balaban J connectivity index is 1.12. The van der Waals surface area contributed by atoms with Crippen LogP contribution in [0.4, 0.5) is 0 Å². The maximum atomic E-state index is 6.37. The minimum absolute atomic E-state index is 0.913. The quantitative estimate of drug-likeness (QED) is 0.122. The predicted molar refractivity (Wildman–Crippen MR) is 246 cm³/mol. The molecule has 0 bridgehead atoms. The summed E-state index contributed by atoms with van der Waals surface area (Å²) in [6.45, 7) is 0. The van der Waals surface area contributed by atoms with Gasteiger partial charge in [0.15, 0.2) is 8.07 Å². The fourth-order valence-electron chi connectivity index (χ4n) is 9.76. The Labute approximate surface area is 336 Å². The summed E-state index contributed by atoms with van der Waals surface area (Å²) in [4.78, 5) is 0. The average Bonchev–Trinajstić information content (AvgIpc) is 3.94. The van der Waals surface area contributed by atoms with Crippen molar-refractivity contribution in [2.45, 2.75) is 0 Å². The van der Waals surface area contributed by atoms with Crippen LogP contribution in [0.1, 0.15) is 0 Å². The number of benzene rings is 9. The van der Waals surface area contributed by atoms with Crippen LogP contribution >= 0.6 is 0 Å². The first-order chi connectivity index (χ1) is 28.8. The number of fused-ring (bicyclic) bond motifs is 9. The molecule has 3 heterocycles. The zero-order valence-electron chi connectivity index (χ0n) is 31.6. The molecule has 4 heteroatoms. The number of hydrogen-bond donors (Lipinski definition) is 0. The Kier molecular flexibility index (Phi) is 7.25. The van der Waals surface area contributed by atoms with Gasteiger partial charge in [-0.2, -0.15) is 0 Å². The average molecular weight is 757 g/mol. The van der Waals surface area contributed by atoms with E-state index >= 15 is 0 Å². The summed E-state index contributed by atoms with van der Waals surface area (Å²) in [5.74, 6) is 0. The number of hydrogen-bond acceptors (Lipinski definition) is 1. The number of nitrogens with zero attached hydrogens (tertiary/aromatic N) is 2. The maximum Gasteiger partial charge on any atom is 0.179 e. The largest absolute Gasteiger partial charge is 0.456 e. The summed E-state index contributed by atoms with van der Waals surface area (Å²) < 4.78 is 11.2. The van der Waals surface area contributed by atoms with Gasteiger partial charge in [-0.05, 0) is 81.4 Å². The molecule has 0 N–H and O–H groups in total. The number of rotatable bonds is 6. The minimum Gasteiger partial charge on any atom is -0.456 e. The highest BCUT2D eigenvalue weighted by Gasteiger charge is 2.42. The van der Waals surface area contributed by atoms with Gasteiger partial charge < -0.3 is 13.6 Å². The smallest absolute Gasteiger partial charge is 0.179 e. The van der Waals surface area contributed by atoms with Crippen molar-refractivity contribution < 1.29 is 4.42 Å². The van der Waals surface area contributed by atoms with Crippen LogP contribution in [-0.4, -0.2) is 17.2 Å². The zero-order chi connectivity index (χ0) is 38.2. The predicted octanol–water partition coefficient (Wildman–Crippen LogP) is 11.2. The third kappa shape index (κ3) is 4.73. The van der Waals surface area contributed by atoms with Gasteiger partial charge in [0, 0.05) is 43.7 Å². The van der Waals surface area contributed by atoms with Crippen molar-refractivity contribution in [1.29, 1.82) is 0 Å². The van der Waals surface area contributed by atoms with Crippen molar-refractivity contribution in [3.63, 3.8) is 0 Å². The third-order valence-electron chi connectivity index (χ3n) is 12.3. The highest BCUT2D eigenvalue weighted by molar-refractivity contribution is 7.20. The van der Waals surface area contributed by atoms with Crippen LogP contribution in [0, 0.1) is 0 Å². The molecule has 0 spiro atoms. The monoisotopic (exact) mass is 756 g/mol. The Morgan fingerprint density at radius 1 is 0.276 bits per heavy atom. The van der Waals surface area contributed by atoms with Gasteiger partial charge in [0.1, 0.15) is 11.2 Å². The summed E-state index contributed by atoms with van der Waals surface area (Å²) in [5.41, 5.74) is 8.89. The lowest BCUT2D eigenvalue weighted by atomic mass is 10.1. The number of furan rings is 1. The molecule has 3 nitrogen and oxygen atoms in total. The lowest BCUT2D eigenvalue weighted by Crippen LogP contribution is -2.74. The van der Waals surface area contributed by atoms with E-state index in [4.69, 9.17) is 4.42 Å².